The molecule has 84 valence electrons. The van der Waals surface area contributed by atoms with Crippen molar-refractivity contribution in [2.24, 2.45) is 0 Å². The van der Waals surface area contributed by atoms with Crippen molar-refractivity contribution in [2.45, 2.75) is 26.8 Å². The van der Waals surface area contributed by atoms with Crippen LogP contribution >= 0.6 is 11.3 Å². The molecule has 3 heteroatoms. The standard InChI is InChI=1S/C12H19NOS/c1-4-14-7-5-6-13-9-12-8-10(2)15-11(12)3/h4,8,13H,1,5-7,9H2,2-3H3. The Morgan fingerprint density at radius 1 is 1.53 bits per heavy atom. The summed E-state index contributed by atoms with van der Waals surface area (Å²) in [5.74, 6) is 0. The third-order valence-corrected chi connectivity index (χ3v) is 3.20. The van der Waals surface area contributed by atoms with Crippen molar-refractivity contribution in [2.75, 3.05) is 13.2 Å². The summed E-state index contributed by atoms with van der Waals surface area (Å²) >= 11 is 1.86. The van der Waals surface area contributed by atoms with Gasteiger partial charge in [0.2, 0.25) is 0 Å². The summed E-state index contributed by atoms with van der Waals surface area (Å²) in [7, 11) is 0. The van der Waals surface area contributed by atoms with E-state index in [1.54, 1.807) is 0 Å². The Bertz CT molecular complexity index is 307. The molecule has 1 aromatic rings. The lowest BCUT2D eigenvalue weighted by Gasteiger charge is -2.04. The molecule has 2 nitrogen and oxygen atoms in total. The number of hydrogen-bond donors (Lipinski definition) is 1. The molecule has 0 amide bonds. The van der Waals surface area contributed by atoms with E-state index in [9.17, 15) is 0 Å². The van der Waals surface area contributed by atoms with Gasteiger partial charge in [0, 0.05) is 16.3 Å². The molecule has 0 saturated carbocycles. The van der Waals surface area contributed by atoms with Gasteiger partial charge in [-0.25, -0.2) is 0 Å². The highest BCUT2D eigenvalue weighted by Crippen LogP contribution is 2.19. The van der Waals surface area contributed by atoms with Crippen LogP contribution in [0, 0.1) is 13.8 Å². The van der Waals surface area contributed by atoms with E-state index in [0.29, 0.717) is 0 Å². The maximum absolute atomic E-state index is 5.04. The summed E-state index contributed by atoms with van der Waals surface area (Å²) in [4.78, 5) is 2.81. The van der Waals surface area contributed by atoms with Crippen LogP contribution in [-0.2, 0) is 11.3 Å². The largest absolute Gasteiger partial charge is 0.502 e. The zero-order valence-corrected chi connectivity index (χ0v) is 10.3. The first-order valence-corrected chi connectivity index (χ1v) is 6.05. The Morgan fingerprint density at radius 2 is 2.33 bits per heavy atom. The lowest BCUT2D eigenvalue weighted by atomic mass is 10.2. The molecule has 0 spiro atoms. The van der Waals surface area contributed by atoms with Gasteiger partial charge in [-0.3, -0.25) is 0 Å². The number of nitrogens with one attached hydrogen (secondary N) is 1. The Balaban J connectivity index is 2.14. The second-order valence-corrected chi connectivity index (χ2v) is 4.97. The molecule has 15 heavy (non-hydrogen) atoms. The number of thiophene rings is 1. The minimum absolute atomic E-state index is 0.748. The van der Waals surface area contributed by atoms with Gasteiger partial charge in [0.25, 0.3) is 0 Å². The minimum atomic E-state index is 0.748. The van der Waals surface area contributed by atoms with Crippen molar-refractivity contribution in [1.29, 1.82) is 0 Å². The number of ether oxygens (including phenoxy) is 1. The molecule has 0 aliphatic heterocycles. The van der Waals surface area contributed by atoms with Gasteiger partial charge in [0.05, 0.1) is 12.9 Å². The molecule has 0 bridgehead atoms. The Labute approximate surface area is 96.0 Å². The first-order valence-electron chi connectivity index (χ1n) is 5.23. The zero-order chi connectivity index (χ0) is 11.1. The normalized spacial score (nSPS) is 10.3. The second kappa shape index (κ2) is 6.64. The maximum atomic E-state index is 5.04. The summed E-state index contributed by atoms with van der Waals surface area (Å²) in [5.41, 5.74) is 1.42. The third-order valence-electron chi connectivity index (χ3n) is 2.19. The summed E-state index contributed by atoms with van der Waals surface area (Å²) < 4.78 is 5.04. The average Bonchev–Trinajstić information content (AvgIpc) is 2.51. The highest BCUT2D eigenvalue weighted by atomic mass is 32.1. The Morgan fingerprint density at radius 3 is 2.93 bits per heavy atom. The van der Waals surface area contributed by atoms with Crippen molar-refractivity contribution >= 4 is 11.3 Å². The first kappa shape index (κ1) is 12.3. The van der Waals surface area contributed by atoms with E-state index in [2.05, 4.69) is 31.8 Å². The Hall–Kier alpha value is -0.800. The SMILES string of the molecule is C=COCCCNCc1cc(C)sc1C. The van der Waals surface area contributed by atoms with Gasteiger partial charge in [-0.05, 0) is 38.4 Å². The molecule has 1 N–H and O–H groups in total. The van der Waals surface area contributed by atoms with Gasteiger partial charge in [-0.1, -0.05) is 6.58 Å². The number of aryl methyl sites for hydroxylation is 2. The quantitative estimate of drug-likeness (QED) is 0.569. The maximum Gasteiger partial charge on any atom is 0.0885 e. The van der Waals surface area contributed by atoms with Crippen LogP contribution in [0.1, 0.15) is 21.7 Å². The molecular weight excluding hydrogens is 206 g/mol. The van der Waals surface area contributed by atoms with Crippen molar-refractivity contribution in [3.63, 3.8) is 0 Å². The van der Waals surface area contributed by atoms with Crippen molar-refractivity contribution in [3.05, 3.63) is 34.2 Å². The van der Waals surface area contributed by atoms with E-state index in [1.165, 1.54) is 21.6 Å². The second-order valence-electron chi connectivity index (χ2n) is 3.51. The molecule has 0 atom stereocenters. The molecule has 1 heterocycles. The van der Waals surface area contributed by atoms with E-state index in [-0.39, 0.29) is 0 Å². The first-order chi connectivity index (χ1) is 7.24. The molecule has 0 unspecified atom stereocenters. The van der Waals surface area contributed by atoms with E-state index in [0.717, 1.165) is 26.1 Å². The zero-order valence-electron chi connectivity index (χ0n) is 9.51. The van der Waals surface area contributed by atoms with Gasteiger partial charge in [-0.15, -0.1) is 11.3 Å². The van der Waals surface area contributed by atoms with Crippen LogP contribution in [0.3, 0.4) is 0 Å². The van der Waals surface area contributed by atoms with Crippen LogP contribution < -0.4 is 5.32 Å². The summed E-state index contributed by atoms with van der Waals surface area (Å²) in [6.07, 6.45) is 2.51. The summed E-state index contributed by atoms with van der Waals surface area (Å²) in [5, 5.41) is 3.41. The van der Waals surface area contributed by atoms with Gasteiger partial charge >= 0.3 is 0 Å². The fraction of sp³-hybridized carbons (Fsp3) is 0.500. The molecule has 1 aromatic heterocycles. The van der Waals surface area contributed by atoms with Gasteiger partial charge < -0.3 is 10.1 Å². The van der Waals surface area contributed by atoms with E-state index < -0.39 is 0 Å². The van der Waals surface area contributed by atoms with Crippen LogP contribution in [0.5, 0.6) is 0 Å². The van der Waals surface area contributed by atoms with Crippen LogP contribution in [0.15, 0.2) is 18.9 Å². The number of hydrogen-bond acceptors (Lipinski definition) is 3. The van der Waals surface area contributed by atoms with Crippen LogP contribution in [0.2, 0.25) is 0 Å². The number of rotatable bonds is 7. The van der Waals surface area contributed by atoms with Crippen LogP contribution in [0.25, 0.3) is 0 Å². The molecule has 0 aromatic carbocycles. The van der Waals surface area contributed by atoms with Crippen LogP contribution in [-0.4, -0.2) is 13.2 Å². The van der Waals surface area contributed by atoms with E-state index in [4.69, 9.17) is 4.74 Å². The Kier molecular flexibility index (Phi) is 5.43. The summed E-state index contributed by atoms with van der Waals surface area (Å²) in [6, 6.07) is 2.26. The molecule has 0 radical (unpaired) electrons. The van der Waals surface area contributed by atoms with E-state index >= 15 is 0 Å². The monoisotopic (exact) mass is 225 g/mol. The minimum Gasteiger partial charge on any atom is -0.502 e. The van der Waals surface area contributed by atoms with Gasteiger partial charge in [0.1, 0.15) is 0 Å². The van der Waals surface area contributed by atoms with Crippen molar-refractivity contribution in [1.82, 2.24) is 5.32 Å². The molecule has 0 aliphatic rings. The van der Waals surface area contributed by atoms with Gasteiger partial charge in [-0.2, -0.15) is 0 Å². The lowest BCUT2D eigenvalue weighted by Crippen LogP contribution is -2.16. The fourth-order valence-electron chi connectivity index (χ4n) is 1.45. The summed E-state index contributed by atoms with van der Waals surface area (Å²) in [6.45, 7) is 10.5. The fourth-order valence-corrected chi connectivity index (χ4v) is 2.39. The van der Waals surface area contributed by atoms with Crippen molar-refractivity contribution in [3.8, 4) is 0 Å². The molecule has 0 fully saturated rings. The van der Waals surface area contributed by atoms with Crippen molar-refractivity contribution < 1.29 is 4.74 Å². The molecule has 0 saturated heterocycles. The van der Waals surface area contributed by atoms with Crippen LogP contribution in [0.4, 0.5) is 0 Å². The highest BCUT2D eigenvalue weighted by Gasteiger charge is 2.01. The molecule has 0 aliphatic carbocycles. The molecule has 1 rings (SSSR count). The van der Waals surface area contributed by atoms with E-state index in [1.807, 2.05) is 11.3 Å². The van der Waals surface area contributed by atoms with Gasteiger partial charge in [0.15, 0.2) is 0 Å². The predicted molar refractivity (Wildman–Crippen MR) is 66.3 cm³/mol. The average molecular weight is 225 g/mol. The smallest absolute Gasteiger partial charge is 0.0885 e. The topological polar surface area (TPSA) is 21.3 Å². The highest BCUT2D eigenvalue weighted by molar-refractivity contribution is 7.12. The molecular formula is C12H19NOS. The predicted octanol–water partition coefficient (Wildman–Crippen LogP) is 3.00. The lowest BCUT2D eigenvalue weighted by molar-refractivity contribution is 0.244. The third kappa shape index (κ3) is 4.49.